The largest absolute Gasteiger partial charge is 0.205 e. The van der Waals surface area contributed by atoms with Crippen LogP contribution in [0, 0.1) is 0 Å². The molecule has 0 aliphatic carbocycles. The SMILES string of the molecule is BrCCCCCc1ccccc1CCCCCBr.c1cc[n+](CCCCCc2ccccc2CCCCC[n+]2ccccc2)cc1. The number of nitrogens with zero attached hydrogens (tertiary/aromatic N) is 2. The van der Waals surface area contributed by atoms with Crippen molar-refractivity contribution >= 4 is 31.9 Å². The number of halogens is 2. The van der Waals surface area contributed by atoms with Crippen molar-refractivity contribution in [2.45, 2.75) is 116 Å². The minimum absolute atomic E-state index is 1.13. The van der Waals surface area contributed by atoms with Crippen LogP contribution >= 0.6 is 31.9 Å². The molecule has 0 aliphatic heterocycles. The van der Waals surface area contributed by atoms with Gasteiger partial charge in [-0.1, -0.05) is 105 Å². The molecule has 4 heteroatoms. The quantitative estimate of drug-likeness (QED) is 0.0429. The van der Waals surface area contributed by atoms with Gasteiger partial charge in [-0.25, -0.2) is 9.13 Å². The number of aryl methyl sites for hydroxylation is 6. The molecule has 46 heavy (non-hydrogen) atoms. The molecular weight excluding hydrogens is 692 g/mol. The number of unbranched alkanes of at least 4 members (excludes halogenated alkanes) is 8. The molecule has 2 nitrogen and oxygen atoms in total. The van der Waals surface area contributed by atoms with E-state index in [-0.39, 0.29) is 0 Å². The van der Waals surface area contributed by atoms with Crippen molar-refractivity contribution in [1.82, 2.24) is 0 Å². The molecule has 2 aromatic heterocycles. The molecule has 4 aromatic rings. The van der Waals surface area contributed by atoms with Crippen molar-refractivity contribution in [2.75, 3.05) is 10.7 Å². The monoisotopic (exact) mass is 748 g/mol. The van der Waals surface area contributed by atoms with E-state index in [0.29, 0.717) is 0 Å². The summed E-state index contributed by atoms with van der Waals surface area (Å²) in [5.41, 5.74) is 6.27. The first-order valence-corrected chi connectivity index (χ1v) is 20.2. The van der Waals surface area contributed by atoms with Gasteiger partial charge in [0.1, 0.15) is 13.1 Å². The summed E-state index contributed by atoms with van der Waals surface area (Å²) in [5, 5.41) is 2.28. The molecule has 0 amide bonds. The molecule has 0 bridgehead atoms. The summed E-state index contributed by atoms with van der Waals surface area (Å²) >= 11 is 6.99. The number of rotatable bonds is 22. The molecule has 0 unspecified atom stereocenters. The van der Waals surface area contributed by atoms with Crippen LogP contribution in [0.1, 0.15) is 99.3 Å². The van der Waals surface area contributed by atoms with E-state index in [9.17, 15) is 0 Å². The first kappa shape index (κ1) is 38.2. The maximum atomic E-state index is 3.50. The van der Waals surface area contributed by atoms with E-state index >= 15 is 0 Å². The summed E-state index contributed by atoms with van der Waals surface area (Å²) in [4.78, 5) is 0. The second kappa shape index (κ2) is 25.7. The van der Waals surface area contributed by atoms with Crippen molar-refractivity contribution in [2.24, 2.45) is 0 Å². The van der Waals surface area contributed by atoms with Gasteiger partial charge in [0, 0.05) is 47.8 Å². The van der Waals surface area contributed by atoms with Crippen molar-refractivity contribution in [3.05, 3.63) is 132 Å². The smallest absolute Gasteiger partial charge is 0.168 e. The lowest BCUT2D eigenvalue weighted by molar-refractivity contribution is -0.697. The Hall–Kier alpha value is -2.30. The summed E-state index contributed by atoms with van der Waals surface area (Å²) in [6, 6.07) is 30.6. The molecule has 0 saturated heterocycles. The molecule has 0 N–H and O–H groups in total. The van der Waals surface area contributed by atoms with Gasteiger partial charge in [0.25, 0.3) is 0 Å². The van der Waals surface area contributed by atoms with E-state index in [1.165, 1.54) is 103 Å². The fourth-order valence-electron chi connectivity index (χ4n) is 6.00. The third-order valence-electron chi connectivity index (χ3n) is 8.68. The third kappa shape index (κ3) is 17.0. The Bertz CT molecular complexity index is 1180. The summed E-state index contributed by atoms with van der Waals surface area (Å²) < 4.78 is 4.56. The van der Waals surface area contributed by atoms with Gasteiger partial charge in [-0.15, -0.1) is 0 Å². The average Bonchev–Trinajstić information content (AvgIpc) is 3.10. The Labute approximate surface area is 298 Å². The Kier molecular flexibility index (Phi) is 21.4. The minimum Gasteiger partial charge on any atom is -0.205 e. The van der Waals surface area contributed by atoms with E-state index in [4.69, 9.17) is 0 Å². The van der Waals surface area contributed by atoms with E-state index in [1.54, 1.807) is 22.3 Å². The zero-order chi connectivity index (χ0) is 32.3. The van der Waals surface area contributed by atoms with E-state index in [2.05, 4.69) is 151 Å². The Morgan fingerprint density at radius 3 is 0.935 bits per heavy atom. The minimum atomic E-state index is 1.13. The van der Waals surface area contributed by atoms with Crippen LogP contribution in [0.4, 0.5) is 0 Å². The molecule has 0 fully saturated rings. The van der Waals surface area contributed by atoms with Crippen LogP contribution in [-0.4, -0.2) is 10.7 Å². The van der Waals surface area contributed by atoms with Gasteiger partial charge in [-0.2, -0.15) is 0 Å². The van der Waals surface area contributed by atoms with Crippen LogP contribution in [0.25, 0.3) is 0 Å². The number of hydrogen-bond acceptors (Lipinski definition) is 0. The van der Waals surface area contributed by atoms with Gasteiger partial charge in [0.15, 0.2) is 24.8 Å². The number of alkyl halides is 2. The van der Waals surface area contributed by atoms with Crippen LogP contribution in [-0.2, 0) is 38.8 Å². The van der Waals surface area contributed by atoms with Gasteiger partial charge >= 0.3 is 0 Å². The molecular formula is C42H58Br2N2+2. The van der Waals surface area contributed by atoms with Gasteiger partial charge < -0.3 is 0 Å². The van der Waals surface area contributed by atoms with E-state index < -0.39 is 0 Å². The zero-order valence-corrected chi connectivity index (χ0v) is 31.4. The maximum absolute atomic E-state index is 3.50. The number of hydrogen-bond donors (Lipinski definition) is 0. The molecule has 4 rings (SSSR count). The lowest BCUT2D eigenvalue weighted by atomic mass is 9.97. The van der Waals surface area contributed by atoms with E-state index in [0.717, 1.165) is 23.7 Å². The standard InChI is InChI=1S/C26H34N2.C16H24Br2/c1(9-19-27-21-11-3-12-22-27)5-15-25-17-7-8-18-26(25)16-6-2-10-20-28-23-13-4-14-24-28;17-13-7-1-3-9-15-11-5-6-12-16(15)10-4-2-8-14-18/h3-4,7-8,11-14,17-18,21-24H,1-2,5-6,9-10,15-16,19-20H2;5-6,11-12H,1-4,7-10,13-14H2/q+2;. The Morgan fingerprint density at radius 1 is 0.326 bits per heavy atom. The zero-order valence-electron chi connectivity index (χ0n) is 28.2. The van der Waals surface area contributed by atoms with Crippen LogP contribution in [0.3, 0.4) is 0 Å². The topological polar surface area (TPSA) is 7.76 Å². The van der Waals surface area contributed by atoms with Crippen LogP contribution in [0.15, 0.2) is 110 Å². The lowest BCUT2D eigenvalue weighted by Crippen LogP contribution is -2.32. The first-order chi connectivity index (χ1) is 22.8. The predicted molar refractivity (Wildman–Crippen MR) is 204 cm³/mol. The first-order valence-electron chi connectivity index (χ1n) is 17.9. The molecule has 0 radical (unpaired) electrons. The Morgan fingerprint density at radius 2 is 0.630 bits per heavy atom. The molecule has 2 aromatic carbocycles. The summed E-state index contributed by atoms with van der Waals surface area (Å²) in [7, 11) is 0. The lowest BCUT2D eigenvalue weighted by Gasteiger charge is -2.09. The highest BCUT2D eigenvalue weighted by Gasteiger charge is 2.05. The van der Waals surface area contributed by atoms with Crippen molar-refractivity contribution in [3.63, 3.8) is 0 Å². The molecule has 0 spiro atoms. The second-order valence-electron chi connectivity index (χ2n) is 12.4. The van der Waals surface area contributed by atoms with Gasteiger partial charge in [0.2, 0.25) is 0 Å². The molecule has 2 heterocycles. The maximum Gasteiger partial charge on any atom is 0.168 e. The van der Waals surface area contributed by atoms with E-state index in [1.807, 2.05) is 0 Å². The van der Waals surface area contributed by atoms with Crippen molar-refractivity contribution in [3.8, 4) is 0 Å². The highest BCUT2D eigenvalue weighted by Crippen LogP contribution is 2.17. The number of benzene rings is 2. The fraction of sp³-hybridized carbons (Fsp3) is 0.476. The van der Waals surface area contributed by atoms with Gasteiger partial charge in [-0.3, -0.25) is 0 Å². The van der Waals surface area contributed by atoms with Crippen LogP contribution in [0.2, 0.25) is 0 Å². The predicted octanol–water partition coefficient (Wildman–Crippen LogP) is 11.0. The summed E-state index contributed by atoms with van der Waals surface area (Å²) in [5.74, 6) is 0. The van der Waals surface area contributed by atoms with Crippen molar-refractivity contribution in [1.29, 1.82) is 0 Å². The highest BCUT2D eigenvalue weighted by atomic mass is 79.9. The molecule has 0 atom stereocenters. The average molecular weight is 751 g/mol. The van der Waals surface area contributed by atoms with Crippen LogP contribution in [0.5, 0.6) is 0 Å². The molecule has 0 aliphatic rings. The van der Waals surface area contributed by atoms with Gasteiger partial charge in [-0.05, 0) is 99.3 Å². The summed E-state index contributed by atoms with van der Waals surface area (Å²) in [6.07, 6.45) is 29.2. The van der Waals surface area contributed by atoms with Gasteiger partial charge in [0.05, 0.1) is 0 Å². The number of aromatic nitrogens is 2. The third-order valence-corrected chi connectivity index (χ3v) is 9.80. The van der Waals surface area contributed by atoms with Crippen molar-refractivity contribution < 1.29 is 9.13 Å². The summed E-state index contributed by atoms with van der Waals surface area (Å²) in [6.45, 7) is 2.25. The molecule has 248 valence electrons. The highest BCUT2D eigenvalue weighted by molar-refractivity contribution is 9.09. The second-order valence-corrected chi connectivity index (χ2v) is 14.0. The fourth-order valence-corrected chi connectivity index (χ4v) is 6.80. The Balaban J connectivity index is 0.000000277. The number of pyridine rings is 2. The normalized spacial score (nSPS) is 10.8. The van der Waals surface area contributed by atoms with Crippen LogP contribution < -0.4 is 9.13 Å². The molecule has 0 saturated carbocycles.